The molecule has 0 bridgehead atoms. The Balaban J connectivity index is 1.99. The zero-order valence-electron chi connectivity index (χ0n) is 14.0. The first-order valence-electron chi connectivity index (χ1n) is 7.62. The van der Waals surface area contributed by atoms with Crippen molar-refractivity contribution in [3.05, 3.63) is 70.7 Å². The van der Waals surface area contributed by atoms with Gasteiger partial charge in [-0.15, -0.1) is 10.2 Å². The molecule has 28 heavy (non-hydrogen) atoms. The number of anilines is 1. The molecule has 1 aromatic heterocycles. The highest BCUT2D eigenvalue weighted by atomic mass is 32.2. The van der Waals surface area contributed by atoms with Crippen molar-refractivity contribution in [2.45, 2.75) is 9.79 Å². The number of aromatic nitrogens is 4. The molecule has 0 radical (unpaired) electrons. The standard InChI is InChI=1S/C16H11N7O4S/c17-9-11(16-19-21-22-20-16)10-18-12-6-7-15(14(8-12)23(24)25)28(26,27)13-4-2-1-3-5-13/h1-8,10,18H,(H,19,20,21,22). The number of H-pyrrole nitrogens is 1. The average Bonchev–Trinajstić information content (AvgIpc) is 3.23. The minimum absolute atomic E-state index is 0.0254. The van der Waals surface area contributed by atoms with Crippen molar-refractivity contribution >= 4 is 26.8 Å². The lowest BCUT2D eigenvalue weighted by molar-refractivity contribution is -0.387. The second-order valence-electron chi connectivity index (χ2n) is 5.31. The monoisotopic (exact) mass is 397 g/mol. The number of rotatable bonds is 6. The summed E-state index contributed by atoms with van der Waals surface area (Å²) in [4.78, 5) is 10.2. The molecule has 0 fully saturated rings. The number of nitriles is 1. The molecule has 12 heteroatoms. The van der Waals surface area contributed by atoms with Crippen LogP contribution in [0.1, 0.15) is 5.82 Å². The van der Waals surface area contributed by atoms with Crippen LogP contribution >= 0.6 is 0 Å². The maximum Gasteiger partial charge on any atom is 0.290 e. The third-order valence-electron chi connectivity index (χ3n) is 3.59. The molecule has 0 aliphatic rings. The van der Waals surface area contributed by atoms with E-state index in [9.17, 15) is 18.5 Å². The summed E-state index contributed by atoms with van der Waals surface area (Å²) < 4.78 is 25.5. The van der Waals surface area contributed by atoms with E-state index in [0.717, 1.165) is 12.1 Å². The number of aromatic amines is 1. The lowest BCUT2D eigenvalue weighted by Gasteiger charge is -2.08. The Morgan fingerprint density at radius 3 is 2.61 bits per heavy atom. The van der Waals surface area contributed by atoms with E-state index in [4.69, 9.17) is 5.26 Å². The predicted octanol–water partition coefficient (Wildman–Crippen LogP) is 1.92. The second kappa shape index (κ2) is 7.64. The highest BCUT2D eigenvalue weighted by molar-refractivity contribution is 7.91. The van der Waals surface area contributed by atoms with E-state index < -0.39 is 25.3 Å². The SMILES string of the molecule is N#CC(=CNc1ccc(S(=O)(=O)c2ccccc2)c([N+](=O)[O-])c1)c1nn[nH]n1. The fourth-order valence-corrected chi connectivity index (χ4v) is 3.71. The molecular formula is C16H11N7O4S. The van der Waals surface area contributed by atoms with Gasteiger partial charge < -0.3 is 5.32 Å². The van der Waals surface area contributed by atoms with Gasteiger partial charge in [0.05, 0.1) is 9.82 Å². The number of allylic oxidation sites excluding steroid dienone is 1. The minimum Gasteiger partial charge on any atom is -0.360 e. The number of sulfone groups is 1. The Hall–Kier alpha value is -4.11. The number of nitro benzene ring substituents is 1. The van der Waals surface area contributed by atoms with Crippen LogP contribution in [0.5, 0.6) is 0 Å². The summed E-state index contributed by atoms with van der Waals surface area (Å²) in [6.45, 7) is 0. The first kappa shape index (κ1) is 18.7. The summed E-state index contributed by atoms with van der Waals surface area (Å²) in [5.41, 5.74) is -0.368. The largest absolute Gasteiger partial charge is 0.360 e. The quantitative estimate of drug-likeness (QED) is 0.358. The summed E-state index contributed by atoms with van der Waals surface area (Å²) in [6.07, 6.45) is 1.23. The molecule has 2 aromatic carbocycles. The third-order valence-corrected chi connectivity index (χ3v) is 5.41. The Morgan fingerprint density at radius 1 is 1.25 bits per heavy atom. The lowest BCUT2D eigenvalue weighted by Crippen LogP contribution is -2.06. The fourth-order valence-electron chi connectivity index (χ4n) is 2.28. The Kier molecular flexibility index (Phi) is 5.10. The van der Waals surface area contributed by atoms with Crippen molar-refractivity contribution in [3.63, 3.8) is 0 Å². The molecule has 0 aliphatic carbocycles. The number of tetrazole rings is 1. The fraction of sp³-hybridized carbons (Fsp3) is 0. The zero-order valence-corrected chi connectivity index (χ0v) is 14.8. The van der Waals surface area contributed by atoms with Gasteiger partial charge in [0.15, 0.2) is 0 Å². The highest BCUT2D eigenvalue weighted by Crippen LogP contribution is 2.31. The first-order chi connectivity index (χ1) is 13.4. The van der Waals surface area contributed by atoms with E-state index in [1.165, 1.54) is 36.5 Å². The van der Waals surface area contributed by atoms with E-state index in [1.807, 2.05) is 6.07 Å². The Morgan fingerprint density at radius 2 is 2.00 bits per heavy atom. The van der Waals surface area contributed by atoms with Gasteiger partial charge in [-0.05, 0) is 29.5 Å². The number of nitrogens with zero attached hydrogens (tertiary/aromatic N) is 5. The normalized spacial score (nSPS) is 11.6. The average molecular weight is 397 g/mol. The van der Waals surface area contributed by atoms with Gasteiger partial charge in [-0.2, -0.15) is 10.5 Å². The summed E-state index contributed by atoms with van der Waals surface area (Å²) in [6, 6.07) is 12.8. The second-order valence-corrected chi connectivity index (χ2v) is 7.22. The lowest BCUT2D eigenvalue weighted by atomic mass is 10.2. The first-order valence-corrected chi connectivity index (χ1v) is 9.11. The van der Waals surface area contributed by atoms with E-state index in [1.54, 1.807) is 6.07 Å². The van der Waals surface area contributed by atoms with Crippen molar-refractivity contribution in [1.82, 2.24) is 20.6 Å². The number of hydrogen-bond acceptors (Lipinski definition) is 9. The van der Waals surface area contributed by atoms with E-state index >= 15 is 0 Å². The van der Waals surface area contributed by atoms with Crippen molar-refractivity contribution in [2.24, 2.45) is 0 Å². The van der Waals surface area contributed by atoms with Crippen LogP contribution in [0, 0.1) is 21.4 Å². The molecule has 0 amide bonds. The highest BCUT2D eigenvalue weighted by Gasteiger charge is 2.27. The number of benzene rings is 2. The van der Waals surface area contributed by atoms with Crippen LogP contribution in [0.15, 0.2) is 64.5 Å². The van der Waals surface area contributed by atoms with Gasteiger partial charge in [0, 0.05) is 18.0 Å². The third kappa shape index (κ3) is 3.69. The van der Waals surface area contributed by atoms with Crippen molar-refractivity contribution in [2.75, 3.05) is 5.32 Å². The number of nitro groups is 1. The molecule has 2 N–H and O–H groups in total. The van der Waals surface area contributed by atoms with Gasteiger partial charge in [-0.3, -0.25) is 10.1 Å². The topological polar surface area (TPSA) is 168 Å². The van der Waals surface area contributed by atoms with Crippen LogP contribution in [0.3, 0.4) is 0 Å². The van der Waals surface area contributed by atoms with Crippen molar-refractivity contribution < 1.29 is 13.3 Å². The molecule has 3 rings (SSSR count). The molecule has 140 valence electrons. The summed E-state index contributed by atoms with van der Waals surface area (Å²) in [5, 5.41) is 36.1. The molecule has 3 aromatic rings. The van der Waals surface area contributed by atoms with Crippen molar-refractivity contribution in [3.8, 4) is 6.07 Å². The van der Waals surface area contributed by atoms with E-state index in [0.29, 0.717) is 0 Å². The summed E-state index contributed by atoms with van der Waals surface area (Å²) in [7, 11) is -4.07. The molecule has 11 nitrogen and oxygen atoms in total. The van der Waals surface area contributed by atoms with Gasteiger partial charge in [-0.1, -0.05) is 18.2 Å². The van der Waals surface area contributed by atoms with Gasteiger partial charge in [0.2, 0.25) is 15.7 Å². The van der Waals surface area contributed by atoms with Crippen LogP contribution in [0.2, 0.25) is 0 Å². The molecule has 0 saturated heterocycles. The van der Waals surface area contributed by atoms with Crippen LogP contribution < -0.4 is 5.32 Å². The zero-order chi connectivity index (χ0) is 20.1. The molecule has 0 aliphatic heterocycles. The minimum atomic E-state index is -4.07. The maximum absolute atomic E-state index is 12.7. The molecule has 0 unspecified atom stereocenters. The van der Waals surface area contributed by atoms with Gasteiger partial charge in [0.25, 0.3) is 5.69 Å². The molecule has 0 saturated carbocycles. The van der Waals surface area contributed by atoms with E-state index in [2.05, 4.69) is 25.9 Å². The Bertz CT molecular complexity index is 1180. The van der Waals surface area contributed by atoms with Crippen LogP contribution in [0.4, 0.5) is 11.4 Å². The van der Waals surface area contributed by atoms with Crippen LogP contribution in [-0.4, -0.2) is 34.0 Å². The van der Waals surface area contributed by atoms with Crippen molar-refractivity contribution in [1.29, 1.82) is 5.26 Å². The van der Waals surface area contributed by atoms with Crippen LogP contribution in [-0.2, 0) is 9.84 Å². The van der Waals surface area contributed by atoms with Gasteiger partial charge >= 0.3 is 0 Å². The smallest absolute Gasteiger partial charge is 0.290 e. The number of nitrogens with one attached hydrogen (secondary N) is 2. The number of hydrogen-bond donors (Lipinski definition) is 2. The van der Waals surface area contributed by atoms with Crippen LogP contribution in [0.25, 0.3) is 5.57 Å². The molecular weight excluding hydrogens is 386 g/mol. The molecule has 0 atom stereocenters. The Labute approximate surface area is 158 Å². The van der Waals surface area contributed by atoms with E-state index in [-0.39, 0.29) is 22.0 Å². The maximum atomic E-state index is 12.7. The van der Waals surface area contributed by atoms with Gasteiger partial charge in [-0.25, -0.2) is 8.42 Å². The summed E-state index contributed by atoms with van der Waals surface area (Å²) >= 11 is 0. The molecule has 0 spiro atoms. The predicted molar refractivity (Wildman–Crippen MR) is 96.4 cm³/mol. The van der Waals surface area contributed by atoms with Gasteiger partial charge in [0.1, 0.15) is 16.5 Å². The molecule has 1 heterocycles. The summed E-state index contributed by atoms with van der Waals surface area (Å²) in [5.74, 6) is 0.0350.